The molecule has 1 atom stereocenters. The molecule has 3 nitrogen and oxygen atoms in total. The van der Waals surface area contributed by atoms with Crippen LogP contribution in [0.1, 0.15) is 25.8 Å². The van der Waals surface area contributed by atoms with Gasteiger partial charge in [-0.3, -0.25) is 0 Å². The quantitative estimate of drug-likeness (QED) is 0.870. The Morgan fingerprint density at radius 2 is 2.17 bits per heavy atom. The number of thiophene rings is 1. The lowest BCUT2D eigenvalue weighted by Gasteiger charge is -2.12. The van der Waals surface area contributed by atoms with E-state index in [-0.39, 0.29) is 12.1 Å². The highest BCUT2D eigenvalue weighted by Crippen LogP contribution is 2.25. The minimum absolute atomic E-state index is 0.0976. The van der Waals surface area contributed by atoms with Crippen molar-refractivity contribution in [2.75, 3.05) is 0 Å². The summed E-state index contributed by atoms with van der Waals surface area (Å²) in [5.74, 6) is 0. The molecule has 0 aliphatic carbocycles. The molecule has 0 aliphatic heterocycles. The predicted molar refractivity (Wildman–Crippen MR) is 76.9 cm³/mol. The van der Waals surface area contributed by atoms with Gasteiger partial charge < -0.3 is 10.6 Å². The molecule has 18 heavy (non-hydrogen) atoms. The maximum absolute atomic E-state index is 11.6. The number of benzene rings is 1. The molecule has 0 radical (unpaired) electrons. The largest absolute Gasteiger partial charge is 0.336 e. The first-order chi connectivity index (χ1) is 8.70. The molecule has 2 N–H and O–H groups in total. The van der Waals surface area contributed by atoms with E-state index in [4.69, 9.17) is 0 Å². The number of nitrogens with one attached hydrogen (secondary N) is 2. The summed E-state index contributed by atoms with van der Waals surface area (Å²) in [4.78, 5) is 11.6. The number of amides is 2. The number of fused-ring (bicyclic) bond motifs is 1. The van der Waals surface area contributed by atoms with E-state index in [0.717, 1.165) is 6.42 Å². The fourth-order valence-corrected chi connectivity index (χ4v) is 2.68. The van der Waals surface area contributed by atoms with E-state index in [0.29, 0.717) is 6.54 Å². The zero-order valence-electron chi connectivity index (χ0n) is 10.7. The Kier molecular flexibility index (Phi) is 4.20. The van der Waals surface area contributed by atoms with Crippen LogP contribution >= 0.6 is 11.3 Å². The van der Waals surface area contributed by atoms with Crippen molar-refractivity contribution in [1.82, 2.24) is 10.6 Å². The van der Waals surface area contributed by atoms with Gasteiger partial charge in [-0.1, -0.05) is 25.1 Å². The van der Waals surface area contributed by atoms with Crippen LogP contribution in [0.4, 0.5) is 4.79 Å². The van der Waals surface area contributed by atoms with E-state index in [1.54, 1.807) is 11.3 Å². The van der Waals surface area contributed by atoms with Crippen LogP contribution in [0.2, 0.25) is 0 Å². The van der Waals surface area contributed by atoms with Crippen LogP contribution in [0.5, 0.6) is 0 Å². The molecule has 0 spiro atoms. The summed E-state index contributed by atoms with van der Waals surface area (Å²) in [6.45, 7) is 4.63. The number of rotatable bonds is 4. The molecule has 4 heteroatoms. The van der Waals surface area contributed by atoms with Crippen LogP contribution < -0.4 is 10.6 Å². The van der Waals surface area contributed by atoms with Gasteiger partial charge in [-0.2, -0.15) is 0 Å². The van der Waals surface area contributed by atoms with Crippen molar-refractivity contribution in [2.45, 2.75) is 32.9 Å². The van der Waals surface area contributed by atoms with Gasteiger partial charge >= 0.3 is 6.03 Å². The van der Waals surface area contributed by atoms with E-state index in [9.17, 15) is 4.79 Å². The zero-order valence-corrected chi connectivity index (χ0v) is 11.5. The second-order valence-corrected chi connectivity index (χ2v) is 5.30. The van der Waals surface area contributed by atoms with E-state index in [1.165, 1.54) is 15.6 Å². The third-order valence-electron chi connectivity index (χ3n) is 2.99. The van der Waals surface area contributed by atoms with Gasteiger partial charge in [0, 0.05) is 17.3 Å². The molecule has 0 bridgehead atoms. The van der Waals surface area contributed by atoms with E-state index in [1.807, 2.05) is 19.1 Å². The SMILES string of the molecule is CCC(C)NC(=O)NCc1csc2ccccc12. The summed E-state index contributed by atoms with van der Waals surface area (Å²) in [5.41, 5.74) is 1.18. The second kappa shape index (κ2) is 5.87. The van der Waals surface area contributed by atoms with Crippen molar-refractivity contribution in [3.63, 3.8) is 0 Å². The van der Waals surface area contributed by atoms with Gasteiger partial charge in [0.05, 0.1) is 0 Å². The molecule has 0 aliphatic rings. The molecule has 1 heterocycles. The lowest BCUT2D eigenvalue weighted by molar-refractivity contribution is 0.237. The average Bonchev–Trinajstić information content (AvgIpc) is 2.79. The van der Waals surface area contributed by atoms with Gasteiger partial charge in [0.15, 0.2) is 0 Å². The fraction of sp³-hybridized carbons (Fsp3) is 0.357. The standard InChI is InChI=1S/C14H18N2OS/c1-3-10(2)16-14(17)15-8-11-9-18-13-7-5-4-6-12(11)13/h4-7,9-10H,3,8H2,1-2H3,(H2,15,16,17). The topological polar surface area (TPSA) is 41.1 Å². The zero-order chi connectivity index (χ0) is 13.0. The van der Waals surface area contributed by atoms with Gasteiger partial charge in [0.1, 0.15) is 0 Å². The number of carbonyl (C=O) groups excluding carboxylic acids is 1. The Labute approximate surface area is 111 Å². The van der Waals surface area contributed by atoms with Crippen LogP contribution in [0, 0.1) is 0 Å². The van der Waals surface area contributed by atoms with Gasteiger partial charge in [-0.15, -0.1) is 11.3 Å². The molecule has 2 amide bonds. The van der Waals surface area contributed by atoms with Crippen molar-refractivity contribution in [3.8, 4) is 0 Å². The highest BCUT2D eigenvalue weighted by molar-refractivity contribution is 7.17. The smallest absolute Gasteiger partial charge is 0.315 e. The highest BCUT2D eigenvalue weighted by Gasteiger charge is 2.07. The van der Waals surface area contributed by atoms with Crippen molar-refractivity contribution in [1.29, 1.82) is 0 Å². The third-order valence-corrected chi connectivity index (χ3v) is 4.00. The van der Waals surface area contributed by atoms with Crippen LogP contribution in [0.25, 0.3) is 10.1 Å². The second-order valence-electron chi connectivity index (χ2n) is 4.39. The highest BCUT2D eigenvalue weighted by atomic mass is 32.1. The number of urea groups is 1. The first-order valence-corrected chi connectivity index (χ1v) is 7.08. The summed E-state index contributed by atoms with van der Waals surface area (Å²) < 4.78 is 1.26. The van der Waals surface area contributed by atoms with Gasteiger partial charge in [0.25, 0.3) is 0 Å². The summed E-state index contributed by atoms with van der Waals surface area (Å²) in [6, 6.07) is 8.37. The molecule has 1 unspecified atom stereocenters. The Bertz CT molecular complexity index is 535. The molecule has 96 valence electrons. The summed E-state index contributed by atoms with van der Waals surface area (Å²) in [6.07, 6.45) is 0.939. The van der Waals surface area contributed by atoms with Crippen molar-refractivity contribution in [3.05, 3.63) is 35.2 Å². The lowest BCUT2D eigenvalue weighted by Crippen LogP contribution is -2.40. The minimum Gasteiger partial charge on any atom is -0.336 e. The fourth-order valence-electron chi connectivity index (χ4n) is 1.72. The van der Waals surface area contributed by atoms with Crippen molar-refractivity contribution in [2.24, 2.45) is 0 Å². The number of carbonyl (C=O) groups is 1. The van der Waals surface area contributed by atoms with Crippen LogP contribution in [-0.4, -0.2) is 12.1 Å². The lowest BCUT2D eigenvalue weighted by atomic mass is 10.2. The Morgan fingerprint density at radius 1 is 1.39 bits per heavy atom. The molecular formula is C14H18N2OS. The van der Waals surface area contributed by atoms with Crippen molar-refractivity contribution >= 4 is 27.5 Å². The molecule has 0 saturated heterocycles. The summed E-state index contributed by atoms with van der Waals surface area (Å²) >= 11 is 1.71. The van der Waals surface area contributed by atoms with Crippen molar-refractivity contribution < 1.29 is 4.79 Å². The Balaban J connectivity index is 1.96. The first-order valence-electron chi connectivity index (χ1n) is 6.20. The minimum atomic E-state index is -0.0976. The third kappa shape index (κ3) is 3.01. The maximum atomic E-state index is 11.6. The van der Waals surface area contributed by atoms with Crippen LogP contribution in [0.15, 0.2) is 29.6 Å². The molecule has 1 aromatic heterocycles. The first kappa shape index (κ1) is 12.9. The van der Waals surface area contributed by atoms with Crippen LogP contribution in [-0.2, 0) is 6.54 Å². The molecular weight excluding hydrogens is 244 g/mol. The van der Waals surface area contributed by atoms with Gasteiger partial charge in [-0.05, 0) is 35.7 Å². The maximum Gasteiger partial charge on any atom is 0.315 e. The van der Waals surface area contributed by atoms with Gasteiger partial charge in [-0.25, -0.2) is 4.79 Å². The van der Waals surface area contributed by atoms with Gasteiger partial charge in [0.2, 0.25) is 0 Å². The average molecular weight is 262 g/mol. The number of hydrogen-bond acceptors (Lipinski definition) is 2. The van der Waals surface area contributed by atoms with E-state index >= 15 is 0 Å². The normalized spacial score (nSPS) is 12.3. The molecule has 2 rings (SSSR count). The summed E-state index contributed by atoms with van der Waals surface area (Å²) in [5, 5.41) is 9.13. The number of hydrogen-bond donors (Lipinski definition) is 2. The molecule has 0 saturated carbocycles. The molecule has 1 aromatic carbocycles. The molecule has 0 fully saturated rings. The monoisotopic (exact) mass is 262 g/mol. The van der Waals surface area contributed by atoms with E-state index in [2.05, 4.69) is 35.1 Å². The molecule has 2 aromatic rings. The predicted octanol–water partition coefficient (Wildman–Crippen LogP) is 3.50. The van der Waals surface area contributed by atoms with E-state index < -0.39 is 0 Å². The Hall–Kier alpha value is -1.55. The summed E-state index contributed by atoms with van der Waals surface area (Å²) in [7, 11) is 0. The van der Waals surface area contributed by atoms with Crippen LogP contribution in [0.3, 0.4) is 0 Å². The Morgan fingerprint density at radius 3 is 2.94 bits per heavy atom.